The summed E-state index contributed by atoms with van der Waals surface area (Å²) in [6, 6.07) is 10.8. The summed E-state index contributed by atoms with van der Waals surface area (Å²) in [6.07, 6.45) is 0. The van der Waals surface area contributed by atoms with Crippen LogP contribution in [0.25, 0.3) is 11.3 Å². The molecule has 0 N–H and O–H groups in total. The molecule has 6 nitrogen and oxygen atoms in total. The maximum Gasteiger partial charge on any atom is 0.342 e. The van der Waals surface area contributed by atoms with Gasteiger partial charge in [-0.25, -0.2) is 9.18 Å². The molecule has 0 bridgehead atoms. The molecular weight excluding hydrogens is 353 g/mol. The van der Waals surface area contributed by atoms with Gasteiger partial charge in [0.2, 0.25) is 0 Å². The zero-order chi connectivity index (χ0) is 19.4. The Morgan fingerprint density at radius 3 is 2.52 bits per heavy atom. The fraction of sp³-hybridized carbons (Fsp3) is 0.200. The third-order valence-electron chi connectivity index (χ3n) is 4.09. The highest BCUT2D eigenvalue weighted by molar-refractivity contribution is 5.93. The fourth-order valence-electron chi connectivity index (χ4n) is 2.63. The highest BCUT2D eigenvalue weighted by Gasteiger charge is 2.20. The van der Waals surface area contributed by atoms with Crippen LogP contribution in [0.5, 0.6) is 11.5 Å². The van der Waals surface area contributed by atoms with E-state index >= 15 is 0 Å². The van der Waals surface area contributed by atoms with E-state index < -0.39 is 5.97 Å². The molecule has 0 aliphatic carbocycles. The van der Waals surface area contributed by atoms with Crippen molar-refractivity contribution in [2.45, 2.75) is 13.5 Å². The Balaban J connectivity index is 1.76. The Hall–Kier alpha value is -3.35. The van der Waals surface area contributed by atoms with Crippen LogP contribution in [-0.4, -0.2) is 25.3 Å². The number of nitrogens with zero attached hydrogens (tertiary/aromatic N) is 1. The number of ether oxygens (including phenoxy) is 3. The monoisotopic (exact) mass is 371 g/mol. The van der Waals surface area contributed by atoms with Crippen LogP contribution in [0.2, 0.25) is 0 Å². The predicted molar refractivity (Wildman–Crippen MR) is 95.3 cm³/mol. The zero-order valence-corrected chi connectivity index (χ0v) is 15.1. The van der Waals surface area contributed by atoms with Gasteiger partial charge in [0.1, 0.15) is 23.7 Å². The number of rotatable bonds is 6. The number of aromatic nitrogens is 1. The highest BCUT2D eigenvalue weighted by atomic mass is 19.1. The van der Waals surface area contributed by atoms with Crippen molar-refractivity contribution in [3.8, 4) is 22.8 Å². The molecule has 0 fully saturated rings. The van der Waals surface area contributed by atoms with Crippen molar-refractivity contribution in [1.82, 2.24) is 5.16 Å². The second kappa shape index (κ2) is 7.90. The van der Waals surface area contributed by atoms with E-state index in [0.717, 1.165) is 0 Å². The lowest BCUT2D eigenvalue weighted by Crippen LogP contribution is -2.08. The van der Waals surface area contributed by atoms with Gasteiger partial charge in [0, 0.05) is 11.1 Å². The standard InChI is InChI=1S/C20H18FNO5/c1-12-16(22-27-18(12)13-7-9-14(21)10-8-13)11-26-20(23)15-5-4-6-17(24-2)19(15)25-3/h4-10H,11H2,1-3H3. The summed E-state index contributed by atoms with van der Waals surface area (Å²) in [5.41, 5.74) is 2.13. The molecule has 0 amide bonds. The van der Waals surface area contributed by atoms with Crippen LogP contribution in [0.3, 0.4) is 0 Å². The molecule has 0 atom stereocenters. The van der Waals surface area contributed by atoms with Crippen molar-refractivity contribution in [3.05, 3.63) is 65.1 Å². The van der Waals surface area contributed by atoms with Gasteiger partial charge in [-0.3, -0.25) is 0 Å². The van der Waals surface area contributed by atoms with Crippen LogP contribution in [0, 0.1) is 12.7 Å². The smallest absolute Gasteiger partial charge is 0.342 e. The largest absolute Gasteiger partial charge is 0.493 e. The molecule has 2 aromatic carbocycles. The third-order valence-corrected chi connectivity index (χ3v) is 4.09. The first kappa shape index (κ1) is 18.4. The van der Waals surface area contributed by atoms with Crippen molar-refractivity contribution in [2.24, 2.45) is 0 Å². The zero-order valence-electron chi connectivity index (χ0n) is 15.1. The topological polar surface area (TPSA) is 70.8 Å². The van der Waals surface area contributed by atoms with Crippen molar-refractivity contribution in [3.63, 3.8) is 0 Å². The molecule has 0 unspecified atom stereocenters. The number of carbonyl (C=O) groups excluding carboxylic acids is 1. The van der Waals surface area contributed by atoms with Crippen molar-refractivity contribution in [2.75, 3.05) is 14.2 Å². The van der Waals surface area contributed by atoms with Gasteiger partial charge in [-0.1, -0.05) is 11.2 Å². The number of halogens is 1. The van der Waals surface area contributed by atoms with Crippen LogP contribution >= 0.6 is 0 Å². The first-order chi connectivity index (χ1) is 13.0. The van der Waals surface area contributed by atoms with E-state index in [2.05, 4.69) is 5.16 Å². The predicted octanol–water partition coefficient (Wildman–Crippen LogP) is 4.16. The van der Waals surface area contributed by atoms with Crippen LogP contribution in [0.4, 0.5) is 4.39 Å². The SMILES string of the molecule is COc1cccc(C(=O)OCc2noc(-c3ccc(F)cc3)c2C)c1OC. The molecule has 0 spiro atoms. The molecule has 140 valence electrons. The lowest BCUT2D eigenvalue weighted by Gasteiger charge is -2.11. The minimum absolute atomic E-state index is 0.0737. The Morgan fingerprint density at radius 2 is 1.85 bits per heavy atom. The number of carbonyl (C=O) groups is 1. The van der Waals surface area contributed by atoms with Gasteiger partial charge in [0.05, 0.1) is 14.2 Å². The van der Waals surface area contributed by atoms with E-state index in [0.29, 0.717) is 34.1 Å². The summed E-state index contributed by atoms with van der Waals surface area (Å²) in [7, 11) is 2.94. The molecule has 0 saturated heterocycles. The van der Waals surface area contributed by atoms with Gasteiger partial charge in [0.15, 0.2) is 17.3 Å². The fourth-order valence-corrected chi connectivity index (χ4v) is 2.63. The van der Waals surface area contributed by atoms with Crippen LogP contribution in [0.1, 0.15) is 21.6 Å². The molecule has 0 saturated carbocycles. The van der Waals surface area contributed by atoms with E-state index in [1.165, 1.54) is 26.4 Å². The first-order valence-corrected chi connectivity index (χ1v) is 8.14. The maximum atomic E-state index is 13.1. The van der Waals surface area contributed by atoms with E-state index in [1.807, 2.05) is 0 Å². The number of hydrogen-bond donors (Lipinski definition) is 0. The molecule has 27 heavy (non-hydrogen) atoms. The van der Waals surface area contributed by atoms with Gasteiger partial charge in [-0.05, 0) is 43.3 Å². The van der Waals surface area contributed by atoms with E-state index in [9.17, 15) is 9.18 Å². The van der Waals surface area contributed by atoms with Gasteiger partial charge in [-0.2, -0.15) is 0 Å². The van der Waals surface area contributed by atoms with E-state index in [-0.39, 0.29) is 18.0 Å². The van der Waals surface area contributed by atoms with Gasteiger partial charge in [0.25, 0.3) is 0 Å². The lowest BCUT2D eigenvalue weighted by atomic mass is 10.1. The highest BCUT2D eigenvalue weighted by Crippen LogP contribution is 2.31. The van der Waals surface area contributed by atoms with Crippen molar-refractivity contribution in [1.29, 1.82) is 0 Å². The van der Waals surface area contributed by atoms with E-state index in [1.54, 1.807) is 37.3 Å². The molecule has 7 heteroatoms. The first-order valence-electron chi connectivity index (χ1n) is 8.14. The maximum absolute atomic E-state index is 13.1. The minimum Gasteiger partial charge on any atom is -0.493 e. The van der Waals surface area contributed by atoms with E-state index in [4.69, 9.17) is 18.7 Å². The molecule has 1 heterocycles. The van der Waals surface area contributed by atoms with Crippen molar-refractivity contribution >= 4 is 5.97 Å². The second-order valence-corrected chi connectivity index (χ2v) is 5.71. The summed E-state index contributed by atoms with van der Waals surface area (Å²) in [6.45, 7) is 1.72. The van der Waals surface area contributed by atoms with Crippen LogP contribution < -0.4 is 9.47 Å². The summed E-state index contributed by atoms with van der Waals surface area (Å²) in [5, 5.41) is 3.95. The normalized spacial score (nSPS) is 10.5. The quantitative estimate of drug-likeness (QED) is 0.606. The van der Waals surface area contributed by atoms with Crippen molar-refractivity contribution < 1.29 is 27.9 Å². The average Bonchev–Trinajstić information content (AvgIpc) is 3.06. The Morgan fingerprint density at radius 1 is 1.11 bits per heavy atom. The van der Waals surface area contributed by atoms with Gasteiger partial charge >= 0.3 is 5.97 Å². The lowest BCUT2D eigenvalue weighted by molar-refractivity contribution is 0.0459. The van der Waals surface area contributed by atoms with Gasteiger partial charge in [-0.15, -0.1) is 0 Å². The molecule has 0 aliphatic rings. The average molecular weight is 371 g/mol. The number of para-hydroxylation sites is 1. The van der Waals surface area contributed by atoms with Crippen LogP contribution in [-0.2, 0) is 11.3 Å². The molecule has 3 aromatic rings. The summed E-state index contributed by atoms with van der Waals surface area (Å²) in [4.78, 5) is 12.4. The van der Waals surface area contributed by atoms with Crippen LogP contribution in [0.15, 0.2) is 47.0 Å². The molecule has 0 radical (unpaired) electrons. The Bertz CT molecular complexity index is 950. The second-order valence-electron chi connectivity index (χ2n) is 5.71. The molecule has 3 rings (SSSR count). The minimum atomic E-state index is -0.573. The molecular formula is C20H18FNO5. The number of hydrogen-bond acceptors (Lipinski definition) is 6. The Kier molecular flexibility index (Phi) is 5.40. The summed E-state index contributed by atoms with van der Waals surface area (Å²) < 4.78 is 34.2. The molecule has 1 aromatic heterocycles. The summed E-state index contributed by atoms with van der Waals surface area (Å²) >= 11 is 0. The number of benzene rings is 2. The molecule has 0 aliphatic heterocycles. The summed E-state index contributed by atoms with van der Waals surface area (Å²) in [5.74, 6) is 0.325. The number of esters is 1. The van der Waals surface area contributed by atoms with Gasteiger partial charge < -0.3 is 18.7 Å². The Labute approximate surface area is 155 Å². The number of methoxy groups -OCH3 is 2. The third kappa shape index (κ3) is 3.76.